The van der Waals surface area contributed by atoms with Crippen molar-refractivity contribution in [3.63, 3.8) is 0 Å². The lowest BCUT2D eigenvalue weighted by atomic mass is 10.1. The summed E-state index contributed by atoms with van der Waals surface area (Å²) in [4.78, 5) is 11.8. The van der Waals surface area contributed by atoms with Gasteiger partial charge in [-0.25, -0.2) is 0 Å². The highest BCUT2D eigenvalue weighted by Gasteiger charge is 2.43. The monoisotopic (exact) mass is 303 g/mol. The molecule has 1 aliphatic carbocycles. The Hall–Kier alpha value is -1.76. The van der Waals surface area contributed by atoms with E-state index in [0.717, 1.165) is 5.56 Å². The van der Waals surface area contributed by atoms with Crippen molar-refractivity contribution in [3.8, 4) is 5.75 Å². The van der Waals surface area contributed by atoms with Gasteiger partial charge in [-0.05, 0) is 36.5 Å². The molecule has 0 aromatic heterocycles. The molecule has 21 heavy (non-hydrogen) atoms. The first kappa shape index (κ1) is 15.6. The average Bonchev–Trinajstić information content (AvgIpc) is 3.18. The summed E-state index contributed by atoms with van der Waals surface area (Å²) in [5, 5.41) is 11.3. The van der Waals surface area contributed by atoms with E-state index in [1.807, 2.05) is 0 Å². The lowest BCUT2D eigenvalue weighted by Crippen LogP contribution is -2.26. The molecular weight excluding hydrogens is 287 g/mol. The van der Waals surface area contributed by atoms with E-state index >= 15 is 0 Å². The lowest BCUT2D eigenvalue weighted by molar-refractivity contribution is -0.274. The van der Waals surface area contributed by atoms with Crippen molar-refractivity contribution in [2.45, 2.75) is 25.1 Å². The van der Waals surface area contributed by atoms with Gasteiger partial charge in [0.05, 0.1) is 0 Å². The van der Waals surface area contributed by atoms with E-state index in [9.17, 15) is 18.0 Å². The van der Waals surface area contributed by atoms with Gasteiger partial charge in [0.15, 0.2) is 0 Å². The Morgan fingerprint density at radius 1 is 1.33 bits per heavy atom. The smallest absolute Gasteiger partial charge is 0.406 e. The van der Waals surface area contributed by atoms with Crippen molar-refractivity contribution in [1.29, 1.82) is 0 Å². The Labute approximate surface area is 119 Å². The predicted octanol–water partition coefficient (Wildman–Crippen LogP) is 2.19. The van der Waals surface area contributed by atoms with E-state index in [2.05, 4.69) is 10.1 Å². The summed E-state index contributed by atoms with van der Waals surface area (Å²) in [5.41, 5.74) is 0.826. The molecular formula is C14H16F3NO3. The summed E-state index contributed by atoms with van der Waals surface area (Å²) < 4.78 is 39.9. The minimum atomic E-state index is -4.70. The second kappa shape index (κ2) is 6.34. The number of nitrogens with one attached hydrogen (secondary N) is 1. The number of benzene rings is 1. The van der Waals surface area contributed by atoms with Crippen LogP contribution in [-0.4, -0.2) is 30.5 Å². The van der Waals surface area contributed by atoms with Gasteiger partial charge in [-0.2, -0.15) is 0 Å². The number of aliphatic hydroxyl groups excluding tert-OH is 1. The first-order valence-corrected chi connectivity index (χ1v) is 6.65. The predicted molar refractivity (Wildman–Crippen MR) is 68.7 cm³/mol. The summed E-state index contributed by atoms with van der Waals surface area (Å²) in [6.07, 6.45) is -3.51. The zero-order valence-electron chi connectivity index (χ0n) is 11.2. The van der Waals surface area contributed by atoms with Crippen LogP contribution in [0, 0.1) is 5.92 Å². The average molecular weight is 303 g/mol. The molecule has 2 atom stereocenters. The molecule has 1 aromatic carbocycles. The number of rotatable bonds is 6. The molecule has 0 heterocycles. The number of ether oxygens (including phenoxy) is 1. The molecule has 1 amide bonds. The zero-order chi connectivity index (χ0) is 15.5. The zero-order valence-corrected chi connectivity index (χ0v) is 11.2. The van der Waals surface area contributed by atoms with Crippen LogP contribution in [0.5, 0.6) is 5.75 Å². The summed E-state index contributed by atoms with van der Waals surface area (Å²) in [7, 11) is 0. The highest BCUT2D eigenvalue weighted by atomic mass is 19.4. The standard InChI is InChI=1S/C14H16F3NO3/c15-14(16,17)21-10-4-2-9(3-5-10)11-8-12(11)13(20)18-6-1-7-19/h2-5,11-12,19H,1,6-8H2,(H,18,20). The number of carbonyl (C=O) groups excluding carboxylic acids is 1. The van der Waals surface area contributed by atoms with Gasteiger partial charge in [0, 0.05) is 19.1 Å². The van der Waals surface area contributed by atoms with Crippen LogP contribution in [0.3, 0.4) is 0 Å². The fraction of sp³-hybridized carbons (Fsp3) is 0.500. The number of aliphatic hydroxyl groups is 1. The summed E-state index contributed by atoms with van der Waals surface area (Å²) >= 11 is 0. The van der Waals surface area contributed by atoms with Crippen molar-refractivity contribution >= 4 is 5.91 Å². The molecule has 0 aliphatic heterocycles. The molecule has 0 spiro atoms. The van der Waals surface area contributed by atoms with Gasteiger partial charge in [-0.15, -0.1) is 13.2 Å². The molecule has 0 bridgehead atoms. The van der Waals surface area contributed by atoms with Crippen molar-refractivity contribution in [2.24, 2.45) is 5.92 Å². The molecule has 7 heteroatoms. The van der Waals surface area contributed by atoms with Gasteiger partial charge in [-0.3, -0.25) is 4.79 Å². The molecule has 1 fully saturated rings. The molecule has 0 radical (unpaired) electrons. The fourth-order valence-electron chi connectivity index (χ4n) is 2.19. The lowest BCUT2D eigenvalue weighted by Gasteiger charge is -2.09. The maximum Gasteiger partial charge on any atom is 0.573 e. The van der Waals surface area contributed by atoms with Gasteiger partial charge >= 0.3 is 6.36 Å². The third kappa shape index (κ3) is 4.63. The van der Waals surface area contributed by atoms with Gasteiger partial charge in [-0.1, -0.05) is 12.1 Å². The molecule has 2 N–H and O–H groups in total. The van der Waals surface area contributed by atoms with E-state index in [1.54, 1.807) is 12.1 Å². The minimum Gasteiger partial charge on any atom is -0.406 e. The molecule has 2 unspecified atom stereocenters. The number of halogens is 3. The molecule has 2 rings (SSSR count). The Bertz CT molecular complexity index is 487. The van der Waals surface area contributed by atoms with Crippen LogP contribution < -0.4 is 10.1 Å². The number of alkyl halides is 3. The van der Waals surface area contributed by atoms with E-state index < -0.39 is 6.36 Å². The van der Waals surface area contributed by atoms with Crippen LogP contribution in [0.15, 0.2) is 24.3 Å². The van der Waals surface area contributed by atoms with Gasteiger partial charge in [0.1, 0.15) is 5.75 Å². The molecule has 1 aromatic rings. The molecule has 0 saturated heterocycles. The maximum absolute atomic E-state index is 12.0. The number of carbonyl (C=O) groups is 1. The van der Waals surface area contributed by atoms with Crippen LogP contribution in [-0.2, 0) is 4.79 Å². The molecule has 116 valence electrons. The van der Waals surface area contributed by atoms with Crippen molar-refractivity contribution in [3.05, 3.63) is 29.8 Å². The van der Waals surface area contributed by atoms with Crippen molar-refractivity contribution in [1.82, 2.24) is 5.32 Å². The van der Waals surface area contributed by atoms with Crippen LogP contribution in [0.4, 0.5) is 13.2 Å². The third-order valence-electron chi connectivity index (χ3n) is 3.30. The van der Waals surface area contributed by atoms with Crippen molar-refractivity contribution in [2.75, 3.05) is 13.2 Å². The van der Waals surface area contributed by atoms with Crippen LogP contribution in [0.25, 0.3) is 0 Å². The van der Waals surface area contributed by atoms with E-state index in [-0.39, 0.29) is 30.1 Å². The first-order chi connectivity index (χ1) is 9.90. The SMILES string of the molecule is O=C(NCCCO)C1CC1c1ccc(OC(F)(F)F)cc1. The normalized spacial score (nSPS) is 21.0. The highest BCUT2D eigenvalue weighted by molar-refractivity contribution is 5.82. The molecule has 4 nitrogen and oxygen atoms in total. The number of amides is 1. The van der Waals surface area contributed by atoms with Gasteiger partial charge < -0.3 is 15.2 Å². The Morgan fingerprint density at radius 2 is 2.00 bits per heavy atom. The number of hydrogen-bond donors (Lipinski definition) is 2. The van der Waals surface area contributed by atoms with Crippen LogP contribution in [0.1, 0.15) is 24.3 Å². The van der Waals surface area contributed by atoms with E-state index in [4.69, 9.17) is 5.11 Å². The minimum absolute atomic E-state index is 0.0229. The van der Waals surface area contributed by atoms with Crippen LogP contribution >= 0.6 is 0 Å². The Kier molecular flexibility index (Phi) is 4.72. The van der Waals surface area contributed by atoms with E-state index in [0.29, 0.717) is 19.4 Å². The Morgan fingerprint density at radius 3 is 2.57 bits per heavy atom. The first-order valence-electron chi connectivity index (χ1n) is 6.65. The highest BCUT2D eigenvalue weighted by Crippen LogP contribution is 2.47. The quantitative estimate of drug-likeness (QED) is 0.792. The van der Waals surface area contributed by atoms with E-state index in [1.165, 1.54) is 12.1 Å². The summed E-state index contributed by atoms with van der Waals surface area (Å²) in [5.74, 6) is -0.447. The summed E-state index contributed by atoms with van der Waals surface area (Å²) in [6, 6.07) is 5.60. The summed E-state index contributed by atoms with van der Waals surface area (Å²) in [6.45, 7) is 0.450. The number of hydrogen-bond acceptors (Lipinski definition) is 3. The molecule has 1 aliphatic rings. The second-order valence-corrected chi connectivity index (χ2v) is 4.93. The van der Waals surface area contributed by atoms with Crippen LogP contribution in [0.2, 0.25) is 0 Å². The molecule has 1 saturated carbocycles. The third-order valence-corrected chi connectivity index (χ3v) is 3.30. The fourth-order valence-corrected chi connectivity index (χ4v) is 2.19. The van der Waals surface area contributed by atoms with Gasteiger partial charge in [0.2, 0.25) is 5.91 Å². The van der Waals surface area contributed by atoms with Crippen molar-refractivity contribution < 1.29 is 27.8 Å². The largest absolute Gasteiger partial charge is 0.573 e. The van der Waals surface area contributed by atoms with Gasteiger partial charge in [0.25, 0.3) is 0 Å². The Balaban J connectivity index is 1.86. The second-order valence-electron chi connectivity index (χ2n) is 4.93. The topological polar surface area (TPSA) is 58.6 Å². The maximum atomic E-state index is 12.0.